The first-order valence-corrected chi connectivity index (χ1v) is 13.0. The number of hydrogen-bond donors (Lipinski definition) is 3. The third-order valence-electron chi connectivity index (χ3n) is 5.68. The first kappa shape index (κ1) is 32.8. The van der Waals surface area contributed by atoms with Gasteiger partial charge in [-0.3, -0.25) is 0 Å². The highest BCUT2D eigenvalue weighted by atomic mass is 16.6. The number of nitrogens with zero attached hydrogens (tertiary/aromatic N) is 1. The van der Waals surface area contributed by atoms with E-state index in [4.69, 9.17) is 14.2 Å². The Morgan fingerprint density at radius 1 is 0.805 bits per heavy atom. The van der Waals surface area contributed by atoms with Gasteiger partial charge in [-0.25, -0.2) is 24.0 Å². The Bertz CT molecular complexity index is 1110. The Morgan fingerprint density at radius 2 is 1.24 bits per heavy atom. The predicted octanol–water partition coefficient (Wildman–Crippen LogP) is 3.21. The van der Waals surface area contributed by atoms with Gasteiger partial charge in [0, 0.05) is 19.1 Å². The number of rotatable bonds is 7. The molecule has 0 radical (unpaired) electrons. The van der Waals surface area contributed by atoms with Crippen LogP contribution in [-0.2, 0) is 23.8 Å². The van der Waals surface area contributed by atoms with E-state index < -0.39 is 41.7 Å². The topological polar surface area (TPSA) is 169 Å². The molecule has 0 unspecified atom stereocenters. The fraction of sp³-hybridized carbons (Fsp3) is 0.414. The Labute approximate surface area is 238 Å². The minimum absolute atomic E-state index is 0.0253. The molecule has 1 amide bonds. The van der Waals surface area contributed by atoms with E-state index in [9.17, 15) is 34.2 Å². The minimum atomic E-state index is -2.21. The molecule has 1 aliphatic rings. The zero-order valence-corrected chi connectivity index (χ0v) is 23.4. The maximum absolute atomic E-state index is 12.0. The molecule has 1 aliphatic heterocycles. The first-order chi connectivity index (χ1) is 19.3. The van der Waals surface area contributed by atoms with E-state index in [1.807, 2.05) is 25.7 Å². The molecule has 0 saturated carbocycles. The lowest BCUT2D eigenvalue weighted by molar-refractivity contribution is -0.166. The van der Waals surface area contributed by atoms with Gasteiger partial charge in [0.15, 0.2) is 0 Å². The van der Waals surface area contributed by atoms with Gasteiger partial charge in [0.1, 0.15) is 5.60 Å². The zero-order valence-electron chi connectivity index (χ0n) is 23.4. The molecule has 3 N–H and O–H groups in total. The van der Waals surface area contributed by atoms with Gasteiger partial charge < -0.3 is 34.6 Å². The molecule has 2 aromatic rings. The molecular formula is C29H36N2O10. The molecule has 41 heavy (non-hydrogen) atoms. The van der Waals surface area contributed by atoms with Crippen molar-refractivity contribution in [3.8, 4) is 0 Å². The van der Waals surface area contributed by atoms with Crippen LogP contribution in [0.5, 0.6) is 0 Å². The highest BCUT2D eigenvalue weighted by Gasteiger charge is 2.41. The molecule has 2 aromatic carbocycles. The van der Waals surface area contributed by atoms with E-state index in [0.29, 0.717) is 0 Å². The number of hydrogen-bond acceptors (Lipinski definition) is 9. The van der Waals surface area contributed by atoms with Crippen molar-refractivity contribution in [2.45, 2.75) is 58.0 Å². The smallest absolute Gasteiger partial charge is 0.410 e. The van der Waals surface area contributed by atoms with Gasteiger partial charge in [0.2, 0.25) is 12.2 Å². The molecule has 0 aliphatic carbocycles. The Balaban J connectivity index is 0.000000333. The van der Waals surface area contributed by atoms with E-state index in [2.05, 4.69) is 12.2 Å². The van der Waals surface area contributed by atoms with Gasteiger partial charge in [-0.15, -0.1) is 0 Å². The predicted molar refractivity (Wildman–Crippen MR) is 146 cm³/mol. The molecule has 3 atom stereocenters. The van der Waals surface area contributed by atoms with Crippen LogP contribution >= 0.6 is 0 Å². The van der Waals surface area contributed by atoms with E-state index in [1.54, 1.807) is 12.1 Å². The van der Waals surface area contributed by atoms with Crippen molar-refractivity contribution in [1.29, 1.82) is 0 Å². The van der Waals surface area contributed by atoms with Crippen LogP contribution in [0.15, 0.2) is 60.7 Å². The Morgan fingerprint density at radius 3 is 1.63 bits per heavy atom. The highest BCUT2D eigenvalue weighted by molar-refractivity contribution is 5.95. The van der Waals surface area contributed by atoms with Crippen LogP contribution in [-0.4, -0.2) is 88.6 Å². The lowest BCUT2D eigenvalue weighted by Gasteiger charge is -2.30. The molecule has 1 fully saturated rings. The fourth-order valence-electron chi connectivity index (χ4n) is 3.60. The molecule has 1 saturated heterocycles. The number of carboxylic acids is 2. The van der Waals surface area contributed by atoms with Gasteiger partial charge in [-0.1, -0.05) is 36.4 Å². The molecule has 0 aromatic heterocycles. The number of carbonyl (C=O) groups is 5. The summed E-state index contributed by atoms with van der Waals surface area (Å²) in [7, 11) is 0. The van der Waals surface area contributed by atoms with Gasteiger partial charge in [0.25, 0.3) is 0 Å². The van der Waals surface area contributed by atoms with Crippen LogP contribution in [0.2, 0.25) is 0 Å². The molecule has 12 heteroatoms. The number of carboxylic acid groups (broad SMARTS) is 2. The Kier molecular flexibility index (Phi) is 12.3. The standard InChI is InChI=1S/C18H14O8.C11H22N2O2/c19-15(20)13(25-17(23)11-7-3-1-4-8-11)14(16(21)22)26-18(24)12-9-5-2-6-10-12;1-9-5-6-12-7-8-13(9)10(14)15-11(2,3)4/h1-10,13-14H,(H,19,20)(H,21,22);9,12H,5-8H2,1-4H3/t13-,14-;9-/m01/s1. The van der Waals surface area contributed by atoms with Gasteiger partial charge in [-0.05, 0) is 64.9 Å². The summed E-state index contributed by atoms with van der Waals surface area (Å²) in [5.41, 5.74) is -0.356. The third kappa shape index (κ3) is 10.9. The normalized spacial score (nSPS) is 16.5. The molecule has 12 nitrogen and oxygen atoms in total. The SMILES string of the molecule is C[C@@H]1CCNCCN1C(=O)OC(C)(C)C.O=C(O[C@H](C(=O)O)[C@H](OC(=O)c1ccccc1)C(=O)O)c1ccccc1. The summed E-state index contributed by atoms with van der Waals surface area (Å²) in [4.78, 5) is 60.5. The lowest BCUT2D eigenvalue weighted by atomic mass is 10.1. The maximum Gasteiger partial charge on any atom is 0.410 e. The monoisotopic (exact) mass is 572 g/mol. The van der Waals surface area contributed by atoms with Crippen molar-refractivity contribution in [2.75, 3.05) is 19.6 Å². The zero-order chi connectivity index (χ0) is 30.6. The van der Waals surface area contributed by atoms with Crippen molar-refractivity contribution in [2.24, 2.45) is 0 Å². The van der Waals surface area contributed by atoms with Crippen LogP contribution in [0.1, 0.15) is 54.8 Å². The second-order valence-corrected chi connectivity index (χ2v) is 10.1. The number of benzene rings is 2. The van der Waals surface area contributed by atoms with Crippen molar-refractivity contribution in [3.63, 3.8) is 0 Å². The molecule has 0 bridgehead atoms. The van der Waals surface area contributed by atoms with Crippen molar-refractivity contribution in [3.05, 3.63) is 71.8 Å². The summed E-state index contributed by atoms with van der Waals surface area (Å²) in [6, 6.07) is 15.1. The third-order valence-corrected chi connectivity index (χ3v) is 5.68. The summed E-state index contributed by atoms with van der Waals surface area (Å²) >= 11 is 0. The number of aliphatic carboxylic acids is 2. The molecule has 3 rings (SSSR count). The van der Waals surface area contributed by atoms with Crippen LogP contribution in [0, 0.1) is 0 Å². The maximum atomic E-state index is 12.0. The number of esters is 2. The summed E-state index contributed by atoms with van der Waals surface area (Å²) in [6.45, 7) is 10.3. The van der Waals surface area contributed by atoms with Gasteiger partial charge in [-0.2, -0.15) is 0 Å². The van der Waals surface area contributed by atoms with Crippen molar-refractivity contribution < 1.29 is 48.4 Å². The second kappa shape index (κ2) is 15.4. The number of amides is 1. The first-order valence-electron chi connectivity index (χ1n) is 13.0. The minimum Gasteiger partial charge on any atom is -0.478 e. The van der Waals surface area contributed by atoms with Crippen LogP contribution in [0.25, 0.3) is 0 Å². The summed E-state index contributed by atoms with van der Waals surface area (Å²) in [6.07, 6.45) is -3.64. The number of carbonyl (C=O) groups excluding carboxylic acids is 3. The Hall–Kier alpha value is -4.45. The summed E-state index contributed by atoms with van der Waals surface area (Å²) in [5, 5.41) is 21.8. The lowest BCUT2D eigenvalue weighted by Crippen LogP contribution is -2.45. The van der Waals surface area contributed by atoms with Crippen molar-refractivity contribution in [1.82, 2.24) is 10.2 Å². The number of ether oxygens (including phenoxy) is 3. The fourth-order valence-corrected chi connectivity index (χ4v) is 3.60. The van der Waals surface area contributed by atoms with Crippen LogP contribution < -0.4 is 5.32 Å². The molecule has 222 valence electrons. The van der Waals surface area contributed by atoms with E-state index in [-0.39, 0.29) is 23.3 Å². The number of nitrogens with one attached hydrogen (secondary N) is 1. The van der Waals surface area contributed by atoms with Gasteiger partial charge in [0.05, 0.1) is 11.1 Å². The van der Waals surface area contributed by atoms with Gasteiger partial charge >= 0.3 is 30.0 Å². The van der Waals surface area contributed by atoms with E-state index in [1.165, 1.54) is 48.5 Å². The summed E-state index contributed by atoms with van der Waals surface area (Å²) < 4.78 is 14.9. The van der Waals surface area contributed by atoms with Crippen LogP contribution in [0.3, 0.4) is 0 Å². The van der Waals surface area contributed by atoms with E-state index in [0.717, 1.165) is 26.1 Å². The summed E-state index contributed by atoms with van der Waals surface area (Å²) in [5.74, 6) is -5.63. The highest BCUT2D eigenvalue weighted by Crippen LogP contribution is 2.15. The molecule has 0 spiro atoms. The molecular weight excluding hydrogens is 536 g/mol. The molecule has 1 heterocycles. The van der Waals surface area contributed by atoms with Crippen molar-refractivity contribution >= 4 is 30.0 Å². The van der Waals surface area contributed by atoms with Crippen LogP contribution in [0.4, 0.5) is 4.79 Å². The quantitative estimate of drug-likeness (QED) is 0.329. The average molecular weight is 573 g/mol. The van der Waals surface area contributed by atoms with E-state index >= 15 is 0 Å². The largest absolute Gasteiger partial charge is 0.478 e. The second-order valence-electron chi connectivity index (χ2n) is 10.1. The average Bonchev–Trinajstić information content (AvgIpc) is 3.14.